The first kappa shape index (κ1) is 7.42. The van der Waals surface area contributed by atoms with E-state index < -0.39 is 5.82 Å². The van der Waals surface area contributed by atoms with Crippen molar-refractivity contribution in [3.05, 3.63) is 28.3 Å². The van der Waals surface area contributed by atoms with Gasteiger partial charge in [-0.3, -0.25) is 0 Å². The second kappa shape index (κ2) is 2.38. The molecule has 3 nitrogen and oxygen atoms in total. The molecule has 0 saturated heterocycles. The van der Waals surface area contributed by atoms with Crippen LogP contribution in [0.3, 0.4) is 0 Å². The lowest BCUT2D eigenvalue weighted by molar-refractivity contribution is -0.580. The molecule has 62 valence electrons. The number of fused-ring (bicyclic) bond motifs is 1. The quantitative estimate of drug-likeness (QED) is 0.458. The fraction of sp³-hybridized carbons (Fsp3) is 0.143. The van der Waals surface area contributed by atoms with E-state index in [0.717, 1.165) is 11.2 Å². The van der Waals surface area contributed by atoms with Gasteiger partial charge in [0.05, 0.1) is 0 Å². The highest BCUT2D eigenvalue weighted by Crippen LogP contribution is 2.18. The lowest BCUT2D eigenvalue weighted by Crippen LogP contribution is -2.27. The predicted molar refractivity (Wildman–Crippen MR) is 43.3 cm³/mol. The van der Waals surface area contributed by atoms with Crippen LogP contribution in [-0.2, 0) is 0 Å². The maximum absolute atomic E-state index is 12.7. The summed E-state index contributed by atoms with van der Waals surface area (Å²) in [6.45, 7) is 1.78. The molecule has 0 aliphatic rings. The van der Waals surface area contributed by atoms with Gasteiger partial charge in [-0.15, -0.1) is 0 Å². The molecule has 12 heavy (non-hydrogen) atoms. The zero-order chi connectivity index (χ0) is 8.72. The van der Waals surface area contributed by atoms with Crippen molar-refractivity contribution >= 4 is 21.7 Å². The summed E-state index contributed by atoms with van der Waals surface area (Å²) < 4.78 is 13.7. The Morgan fingerprint density at radius 3 is 3.17 bits per heavy atom. The number of pyridine rings is 1. The molecule has 0 bridgehead atoms. The van der Waals surface area contributed by atoms with Crippen LogP contribution >= 0.6 is 11.3 Å². The number of aryl methyl sites for hydroxylation is 1. The molecular formula is C7H5FN2OS. The van der Waals surface area contributed by atoms with E-state index in [1.807, 2.05) is 0 Å². The molecule has 0 amide bonds. The molecule has 0 aromatic carbocycles. The van der Waals surface area contributed by atoms with Gasteiger partial charge >= 0.3 is 5.65 Å². The van der Waals surface area contributed by atoms with Crippen LogP contribution in [0.1, 0.15) is 5.01 Å². The Hall–Kier alpha value is -1.23. The van der Waals surface area contributed by atoms with E-state index in [1.165, 1.54) is 17.4 Å². The number of rotatable bonds is 0. The molecule has 0 aliphatic heterocycles. The Morgan fingerprint density at radius 1 is 1.67 bits per heavy atom. The predicted octanol–water partition coefficient (Wildman–Crippen LogP) is 1.38. The van der Waals surface area contributed by atoms with Crippen LogP contribution < -0.4 is 4.73 Å². The molecule has 0 atom stereocenters. The highest BCUT2D eigenvalue weighted by molar-refractivity contribution is 7.18. The maximum atomic E-state index is 12.7. The summed E-state index contributed by atoms with van der Waals surface area (Å²) in [6.07, 6.45) is 0.876. The largest absolute Gasteiger partial charge is 0.710 e. The molecule has 5 heteroatoms. The van der Waals surface area contributed by atoms with E-state index in [1.54, 1.807) is 6.92 Å². The summed E-state index contributed by atoms with van der Waals surface area (Å²) in [5.41, 5.74) is 0.291. The number of hydrogen-bond donors (Lipinski definition) is 0. The van der Waals surface area contributed by atoms with Crippen molar-refractivity contribution in [2.45, 2.75) is 6.92 Å². The maximum Gasteiger partial charge on any atom is 0.344 e. The summed E-state index contributed by atoms with van der Waals surface area (Å²) in [5.74, 6) is -0.527. The van der Waals surface area contributed by atoms with Gasteiger partial charge in [0.25, 0.3) is 0 Å². The summed E-state index contributed by atoms with van der Waals surface area (Å²) in [7, 11) is 0. The van der Waals surface area contributed by atoms with Crippen molar-refractivity contribution in [1.82, 2.24) is 4.98 Å². The van der Waals surface area contributed by atoms with Gasteiger partial charge in [0.2, 0.25) is 5.01 Å². The monoisotopic (exact) mass is 184 g/mol. The standard InChI is InChI=1S/C7H5FN2OS/c1-4-9-7-6(12-4)2-5(8)3-10(7)11/h2-3H,1H3. The van der Waals surface area contributed by atoms with E-state index in [2.05, 4.69) is 4.98 Å². The van der Waals surface area contributed by atoms with E-state index in [9.17, 15) is 9.60 Å². The van der Waals surface area contributed by atoms with Crippen LogP contribution in [0.5, 0.6) is 0 Å². The second-order valence-electron chi connectivity index (χ2n) is 2.40. The van der Waals surface area contributed by atoms with Gasteiger partial charge in [0, 0.05) is 13.0 Å². The summed E-state index contributed by atoms with van der Waals surface area (Å²) in [4.78, 5) is 3.96. The molecule has 0 spiro atoms. The zero-order valence-corrected chi connectivity index (χ0v) is 7.06. The molecule has 2 aromatic rings. The number of hydrogen-bond acceptors (Lipinski definition) is 3. The van der Waals surface area contributed by atoms with Crippen molar-refractivity contribution in [2.75, 3.05) is 0 Å². The Morgan fingerprint density at radius 2 is 2.42 bits per heavy atom. The van der Waals surface area contributed by atoms with E-state index in [4.69, 9.17) is 0 Å². The minimum absolute atomic E-state index is 0.291. The van der Waals surface area contributed by atoms with Crippen molar-refractivity contribution < 1.29 is 9.12 Å². The molecule has 0 fully saturated rings. The summed E-state index contributed by atoms with van der Waals surface area (Å²) in [6, 6.07) is 1.31. The topological polar surface area (TPSA) is 39.8 Å². The third kappa shape index (κ3) is 1.02. The minimum atomic E-state index is -0.527. The normalized spacial score (nSPS) is 10.8. The van der Waals surface area contributed by atoms with Crippen molar-refractivity contribution in [1.29, 1.82) is 0 Å². The van der Waals surface area contributed by atoms with E-state index >= 15 is 0 Å². The van der Waals surface area contributed by atoms with Gasteiger partial charge in [0.15, 0.2) is 5.82 Å². The van der Waals surface area contributed by atoms with Crippen LogP contribution in [0.4, 0.5) is 4.39 Å². The summed E-state index contributed by atoms with van der Waals surface area (Å²) >= 11 is 1.31. The molecule has 0 aliphatic carbocycles. The Balaban J connectivity index is 2.88. The number of nitrogens with zero attached hydrogens (tertiary/aromatic N) is 2. The highest BCUT2D eigenvalue weighted by Gasteiger charge is 2.12. The van der Waals surface area contributed by atoms with Crippen LogP contribution in [0.2, 0.25) is 0 Å². The van der Waals surface area contributed by atoms with Gasteiger partial charge in [-0.2, -0.15) is 0 Å². The van der Waals surface area contributed by atoms with Gasteiger partial charge in [0.1, 0.15) is 10.9 Å². The van der Waals surface area contributed by atoms with Gasteiger partial charge in [-0.1, -0.05) is 11.3 Å². The SMILES string of the molecule is Cc1nc2c(cc(F)c[n+]2[O-])s1. The molecule has 2 rings (SSSR count). The average molecular weight is 184 g/mol. The Bertz CT molecular complexity index is 440. The first-order valence-electron chi connectivity index (χ1n) is 3.32. The fourth-order valence-corrected chi connectivity index (χ4v) is 1.87. The number of aromatic nitrogens is 2. The number of halogens is 1. The minimum Gasteiger partial charge on any atom is -0.710 e. The van der Waals surface area contributed by atoms with Crippen molar-refractivity contribution in [3.8, 4) is 0 Å². The number of thiazole rings is 1. The van der Waals surface area contributed by atoms with Gasteiger partial charge < -0.3 is 5.21 Å². The third-order valence-electron chi connectivity index (χ3n) is 1.46. The second-order valence-corrected chi connectivity index (χ2v) is 3.64. The zero-order valence-electron chi connectivity index (χ0n) is 6.24. The molecular weight excluding hydrogens is 179 g/mol. The highest BCUT2D eigenvalue weighted by atomic mass is 32.1. The average Bonchev–Trinajstić information content (AvgIpc) is 2.29. The van der Waals surface area contributed by atoms with Crippen LogP contribution in [0, 0.1) is 17.9 Å². The fourth-order valence-electron chi connectivity index (χ4n) is 1.02. The smallest absolute Gasteiger partial charge is 0.344 e. The van der Waals surface area contributed by atoms with Crippen LogP contribution in [0.15, 0.2) is 12.3 Å². The lowest BCUT2D eigenvalue weighted by atomic mass is 10.4. The van der Waals surface area contributed by atoms with Gasteiger partial charge in [-0.05, 0) is 4.98 Å². The van der Waals surface area contributed by atoms with Gasteiger partial charge in [-0.25, -0.2) is 9.12 Å². The first-order valence-corrected chi connectivity index (χ1v) is 4.14. The van der Waals surface area contributed by atoms with Crippen LogP contribution in [0.25, 0.3) is 10.3 Å². The third-order valence-corrected chi connectivity index (χ3v) is 2.37. The van der Waals surface area contributed by atoms with Crippen molar-refractivity contribution in [3.63, 3.8) is 0 Å². The van der Waals surface area contributed by atoms with Crippen LogP contribution in [-0.4, -0.2) is 4.98 Å². The molecule has 0 radical (unpaired) electrons. The lowest BCUT2D eigenvalue weighted by Gasteiger charge is -1.98. The van der Waals surface area contributed by atoms with E-state index in [0.29, 0.717) is 15.1 Å². The Kier molecular flexibility index (Phi) is 1.47. The summed E-state index contributed by atoms with van der Waals surface area (Å²) in [5, 5.41) is 11.8. The van der Waals surface area contributed by atoms with E-state index in [-0.39, 0.29) is 0 Å². The first-order chi connectivity index (χ1) is 5.66. The molecule has 2 heterocycles. The molecule has 0 unspecified atom stereocenters. The molecule has 0 N–H and O–H groups in total. The van der Waals surface area contributed by atoms with Crippen molar-refractivity contribution in [2.24, 2.45) is 0 Å². The molecule has 0 saturated carbocycles. The molecule has 2 aromatic heterocycles. The Labute approximate surface area is 71.7 Å².